The van der Waals surface area contributed by atoms with E-state index in [2.05, 4.69) is 49.9 Å². The summed E-state index contributed by atoms with van der Waals surface area (Å²) in [5.74, 6) is 0.950. The van der Waals surface area contributed by atoms with Gasteiger partial charge in [0, 0.05) is 18.6 Å². The second-order valence-corrected chi connectivity index (χ2v) is 6.20. The van der Waals surface area contributed by atoms with Crippen molar-refractivity contribution < 1.29 is 4.74 Å². The van der Waals surface area contributed by atoms with Gasteiger partial charge in [0.25, 0.3) is 0 Å². The van der Waals surface area contributed by atoms with Crippen LogP contribution >= 0.6 is 0 Å². The fourth-order valence-electron chi connectivity index (χ4n) is 2.99. The van der Waals surface area contributed by atoms with E-state index in [4.69, 9.17) is 10.5 Å². The summed E-state index contributed by atoms with van der Waals surface area (Å²) in [5.41, 5.74) is 7.47. The van der Waals surface area contributed by atoms with E-state index in [1.54, 1.807) is 0 Å². The van der Waals surface area contributed by atoms with Crippen molar-refractivity contribution in [3.05, 3.63) is 29.8 Å². The van der Waals surface area contributed by atoms with Crippen molar-refractivity contribution in [2.45, 2.75) is 64.8 Å². The molecule has 2 unspecified atom stereocenters. The molecule has 0 amide bonds. The van der Waals surface area contributed by atoms with Gasteiger partial charge in [-0.3, -0.25) is 4.90 Å². The van der Waals surface area contributed by atoms with Gasteiger partial charge in [0.1, 0.15) is 5.75 Å². The van der Waals surface area contributed by atoms with Crippen LogP contribution in [0.5, 0.6) is 5.75 Å². The first kappa shape index (κ1) is 15.3. The van der Waals surface area contributed by atoms with Gasteiger partial charge in [0.2, 0.25) is 0 Å². The van der Waals surface area contributed by atoms with Crippen LogP contribution in [-0.2, 0) is 6.54 Å². The molecule has 1 heterocycles. The zero-order valence-corrected chi connectivity index (χ0v) is 13.0. The van der Waals surface area contributed by atoms with E-state index in [-0.39, 0.29) is 12.1 Å². The smallest absolute Gasteiger partial charge is 0.119 e. The number of rotatable bonds is 5. The Morgan fingerprint density at radius 3 is 2.50 bits per heavy atom. The van der Waals surface area contributed by atoms with Crippen molar-refractivity contribution >= 4 is 0 Å². The van der Waals surface area contributed by atoms with Gasteiger partial charge in [-0.1, -0.05) is 18.6 Å². The molecule has 1 aromatic rings. The van der Waals surface area contributed by atoms with Gasteiger partial charge in [-0.05, 0) is 57.9 Å². The van der Waals surface area contributed by atoms with Crippen LogP contribution in [0.1, 0.15) is 45.6 Å². The molecule has 20 heavy (non-hydrogen) atoms. The SMILES string of the molecule is CC(C)Oc1ccc(CN2CCCCC2C(C)N)cc1. The third-order valence-electron chi connectivity index (χ3n) is 3.95. The summed E-state index contributed by atoms with van der Waals surface area (Å²) >= 11 is 0. The molecule has 1 fully saturated rings. The standard InChI is InChI=1S/C17H28N2O/c1-13(2)20-16-9-7-15(8-10-16)12-19-11-5-4-6-17(19)14(3)18/h7-10,13-14,17H,4-6,11-12,18H2,1-3H3. The highest BCUT2D eigenvalue weighted by atomic mass is 16.5. The lowest BCUT2D eigenvalue weighted by molar-refractivity contribution is 0.123. The van der Waals surface area contributed by atoms with Crippen LogP contribution < -0.4 is 10.5 Å². The van der Waals surface area contributed by atoms with Crippen molar-refractivity contribution in [1.29, 1.82) is 0 Å². The van der Waals surface area contributed by atoms with Crippen LogP contribution in [0.15, 0.2) is 24.3 Å². The highest BCUT2D eigenvalue weighted by Gasteiger charge is 2.25. The molecule has 2 N–H and O–H groups in total. The zero-order valence-electron chi connectivity index (χ0n) is 13.0. The van der Waals surface area contributed by atoms with Crippen LogP contribution in [0.25, 0.3) is 0 Å². The van der Waals surface area contributed by atoms with Crippen molar-refractivity contribution in [3.8, 4) is 5.75 Å². The minimum absolute atomic E-state index is 0.227. The fraction of sp³-hybridized carbons (Fsp3) is 0.647. The van der Waals surface area contributed by atoms with E-state index in [0.717, 1.165) is 18.8 Å². The Morgan fingerprint density at radius 2 is 1.90 bits per heavy atom. The maximum Gasteiger partial charge on any atom is 0.119 e. The van der Waals surface area contributed by atoms with E-state index >= 15 is 0 Å². The molecule has 1 aliphatic heterocycles. The van der Waals surface area contributed by atoms with E-state index in [1.807, 2.05) is 0 Å². The Bertz CT molecular complexity index is 400. The van der Waals surface area contributed by atoms with Crippen LogP contribution in [0.2, 0.25) is 0 Å². The lowest BCUT2D eigenvalue weighted by Gasteiger charge is -2.38. The first-order chi connectivity index (χ1) is 9.56. The highest BCUT2D eigenvalue weighted by molar-refractivity contribution is 5.27. The highest BCUT2D eigenvalue weighted by Crippen LogP contribution is 2.22. The summed E-state index contributed by atoms with van der Waals surface area (Å²) in [4.78, 5) is 2.53. The lowest BCUT2D eigenvalue weighted by atomic mass is 9.96. The monoisotopic (exact) mass is 276 g/mol. The average Bonchev–Trinajstić information content (AvgIpc) is 2.41. The van der Waals surface area contributed by atoms with E-state index in [0.29, 0.717) is 6.04 Å². The molecule has 0 spiro atoms. The Hall–Kier alpha value is -1.06. The first-order valence-electron chi connectivity index (χ1n) is 7.81. The molecule has 1 aliphatic rings. The van der Waals surface area contributed by atoms with Gasteiger partial charge in [-0.2, -0.15) is 0 Å². The van der Waals surface area contributed by atoms with E-state index in [9.17, 15) is 0 Å². The summed E-state index contributed by atoms with van der Waals surface area (Å²) in [7, 11) is 0. The fourth-order valence-corrected chi connectivity index (χ4v) is 2.99. The molecule has 112 valence electrons. The Labute approximate surface area is 123 Å². The Kier molecular flexibility index (Phi) is 5.44. The van der Waals surface area contributed by atoms with Gasteiger partial charge < -0.3 is 10.5 Å². The number of nitrogens with two attached hydrogens (primary N) is 1. The largest absolute Gasteiger partial charge is 0.491 e. The lowest BCUT2D eigenvalue weighted by Crippen LogP contribution is -2.48. The maximum atomic E-state index is 6.13. The normalized spacial score (nSPS) is 21.9. The van der Waals surface area contributed by atoms with E-state index in [1.165, 1.54) is 24.8 Å². The molecule has 0 radical (unpaired) electrons. The molecule has 0 bridgehead atoms. The van der Waals surface area contributed by atoms with Crippen LogP contribution in [0.3, 0.4) is 0 Å². The molecule has 2 rings (SSSR count). The number of benzene rings is 1. The van der Waals surface area contributed by atoms with Crippen molar-refractivity contribution in [2.75, 3.05) is 6.54 Å². The third-order valence-corrected chi connectivity index (χ3v) is 3.95. The third kappa shape index (κ3) is 4.22. The second kappa shape index (κ2) is 7.09. The van der Waals surface area contributed by atoms with Gasteiger partial charge in [0.15, 0.2) is 0 Å². The molecule has 3 nitrogen and oxygen atoms in total. The van der Waals surface area contributed by atoms with Gasteiger partial charge in [-0.15, -0.1) is 0 Å². The average molecular weight is 276 g/mol. The number of nitrogens with zero attached hydrogens (tertiary/aromatic N) is 1. The molecule has 2 atom stereocenters. The molecular weight excluding hydrogens is 248 g/mol. The molecule has 1 aromatic carbocycles. The molecule has 3 heteroatoms. The number of likely N-dealkylation sites (tertiary alicyclic amines) is 1. The predicted octanol–water partition coefficient (Wildman–Crippen LogP) is 3.18. The van der Waals surface area contributed by atoms with Gasteiger partial charge >= 0.3 is 0 Å². The minimum Gasteiger partial charge on any atom is -0.491 e. The quantitative estimate of drug-likeness (QED) is 0.897. The molecule has 0 saturated carbocycles. The number of hydrogen-bond donors (Lipinski definition) is 1. The number of hydrogen-bond acceptors (Lipinski definition) is 3. The molecule has 0 aliphatic carbocycles. The minimum atomic E-state index is 0.227. The van der Waals surface area contributed by atoms with Crippen molar-refractivity contribution in [2.24, 2.45) is 5.73 Å². The van der Waals surface area contributed by atoms with Gasteiger partial charge in [0.05, 0.1) is 6.10 Å². The van der Waals surface area contributed by atoms with Crippen LogP contribution in [0, 0.1) is 0 Å². The summed E-state index contributed by atoms with van der Waals surface area (Å²) in [5, 5.41) is 0. The zero-order chi connectivity index (χ0) is 14.5. The topological polar surface area (TPSA) is 38.5 Å². The summed E-state index contributed by atoms with van der Waals surface area (Å²) in [6.45, 7) is 8.39. The Balaban J connectivity index is 1.97. The van der Waals surface area contributed by atoms with Crippen molar-refractivity contribution in [1.82, 2.24) is 4.90 Å². The van der Waals surface area contributed by atoms with E-state index < -0.39 is 0 Å². The molecular formula is C17H28N2O. The Morgan fingerprint density at radius 1 is 1.20 bits per heavy atom. The van der Waals surface area contributed by atoms with Crippen molar-refractivity contribution in [3.63, 3.8) is 0 Å². The maximum absolute atomic E-state index is 6.13. The first-order valence-corrected chi connectivity index (χ1v) is 7.81. The molecule has 0 aromatic heterocycles. The second-order valence-electron chi connectivity index (χ2n) is 6.20. The van der Waals surface area contributed by atoms with Crippen LogP contribution in [-0.4, -0.2) is 29.6 Å². The summed E-state index contributed by atoms with van der Waals surface area (Å²) in [6, 6.07) is 9.25. The van der Waals surface area contributed by atoms with Crippen LogP contribution in [0.4, 0.5) is 0 Å². The van der Waals surface area contributed by atoms with Gasteiger partial charge in [-0.25, -0.2) is 0 Å². The number of piperidine rings is 1. The summed E-state index contributed by atoms with van der Waals surface area (Å²) < 4.78 is 5.68. The number of ether oxygens (including phenoxy) is 1. The summed E-state index contributed by atoms with van der Waals surface area (Å²) in [6.07, 6.45) is 4.05. The molecule has 1 saturated heterocycles. The predicted molar refractivity (Wildman–Crippen MR) is 83.9 cm³/mol.